The van der Waals surface area contributed by atoms with Crippen LogP contribution in [0.25, 0.3) is 0 Å². The molecule has 0 aliphatic rings. The van der Waals surface area contributed by atoms with Gasteiger partial charge in [-0.1, -0.05) is 24.3 Å². The minimum Gasteiger partial charge on any atom is -0.464 e. The number of amides is 1. The minimum atomic E-state index is -0.850. The Balaban J connectivity index is 2.35. The fraction of sp³-hybridized carbons (Fsp3) is 0.286. The van der Waals surface area contributed by atoms with Crippen molar-refractivity contribution in [1.29, 1.82) is 0 Å². The van der Waals surface area contributed by atoms with Crippen molar-refractivity contribution in [2.24, 2.45) is 0 Å². The first kappa shape index (κ1) is 22.3. The molecule has 0 heterocycles. The van der Waals surface area contributed by atoms with E-state index < -0.39 is 30.0 Å². The number of hydrogen-bond acceptors (Lipinski definition) is 7. The van der Waals surface area contributed by atoms with E-state index in [1.165, 1.54) is 13.8 Å². The summed E-state index contributed by atoms with van der Waals surface area (Å²) in [6, 6.07) is 13.2. The van der Waals surface area contributed by atoms with E-state index in [4.69, 9.17) is 15.2 Å². The van der Waals surface area contributed by atoms with Gasteiger partial charge in [0.1, 0.15) is 12.6 Å². The first-order valence-corrected chi connectivity index (χ1v) is 10.1. The Bertz CT molecular complexity index is 870. The van der Waals surface area contributed by atoms with Gasteiger partial charge in [-0.3, -0.25) is 14.4 Å². The number of hydrogen-bond donors (Lipinski definition) is 2. The van der Waals surface area contributed by atoms with E-state index in [1.807, 2.05) is 30.5 Å². The number of ether oxygens (including phenoxy) is 2. The lowest BCUT2D eigenvalue weighted by molar-refractivity contribution is -0.151. The number of para-hydroxylation sites is 1. The summed E-state index contributed by atoms with van der Waals surface area (Å²) in [5.41, 5.74) is 7.14. The van der Waals surface area contributed by atoms with Crippen molar-refractivity contribution in [2.75, 3.05) is 18.6 Å². The normalized spacial score (nSPS) is 12.5. The molecular weight excluding hydrogens is 392 g/mol. The largest absolute Gasteiger partial charge is 0.464 e. The van der Waals surface area contributed by atoms with Crippen LogP contribution in [0.4, 0.5) is 5.69 Å². The number of carbonyl (C=O) groups excluding carboxylic acids is 3. The number of rotatable bonds is 8. The number of anilines is 1. The fourth-order valence-electron chi connectivity index (χ4n) is 2.72. The summed E-state index contributed by atoms with van der Waals surface area (Å²) in [4.78, 5) is 36.9. The lowest BCUT2D eigenvalue weighted by Crippen LogP contribution is -2.44. The average Bonchev–Trinajstić information content (AvgIpc) is 2.69. The van der Waals surface area contributed by atoms with Gasteiger partial charge >= 0.3 is 11.9 Å². The molecule has 2 aromatic rings. The zero-order valence-corrected chi connectivity index (χ0v) is 17.3. The number of esters is 2. The number of nitrogen functional groups attached to an aromatic ring is 1. The number of thioether (sulfide) groups is 1. The second-order valence-corrected chi connectivity index (χ2v) is 7.15. The predicted octanol–water partition coefficient (Wildman–Crippen LogP) is 2.96. The van der Waals surface area contributed by atoms with E-state index >= 15 is 0 Å². The van der Waals surface area contributed by atoms with Crippen molar-refractivity contribution < 1.29 is 23.9 Å². The Labute approximate surface area is 173 Å². The summed E-state index contributed by atoms with van der Waals surface area (Å²) in [7, 11) is 0. The van der Waals surface area contributed by atoms with Gasteiger partial charge in [0.15, 0.2) is 6.10 Å². The molecule has 0 aliphatic carbocycles. The van der Waals surface area contributed by atoms with Crippen molar-refractivity contribution >= 4 is 35.3 Å². The minimum absolute atomic E-state index is 0.171. The Morgan fingerprint density at radius 2 is 1.69 bits per heavy atom. The summed E-state index contributed by atoms with van der Waals surface area (Å²) in [5.74, 6) is -1.49. The van der Waals surface area contributed by atoms with Crippen LogP contribution in [0.2, 0.25) is 0 Å². The molecule has 0 radical (unpaired) electrons. The third-order valence-corrected chi connectivity index (χ3v) is 4.83. The third kappa shape index (κ3) is 6.53. The maximum absolute atomic E-state index is 12.8. The number of carbonyl (C=O) groups is 3. The maximum atomic E-state index is 12.8. The summed E-state index contributed by atoms with van der Waals surface area (Å²) >= 11 is 1.57. The van der Waals surface area contributed by atoms with Gasteiger partial charge in [-0.15, -0.1) is 11.8 Å². The molecule has 8 heteroatoms. The molecule has 0 bridgehead atoms. The van der Waals surface area contributed by atoms with Gasteiger partial charge in [-0.2, -0.15) is 0 Å². The summed E-state index contributed by atoms with van der Waals surface area (Å²) in [5, 5.41) is 2.78. The van der Waals surface area contributed by atoms with Crippen LogP contribution in [0.5, 0.6) is 0 Å². The van der Waals surface area contributed by atoms with Crippen LogP contribution in [0.1, 0.15) is 35.9 Å². The second-order valence-electron chi connectivity index (χ2n) is 6.27. The monoisotopic (exact) mass is 416 g/mol. The topological polar surface area (TPSA) is 108 Å². The highest BCUT2D eigenvalue weighted by atomic mass is 32.2. The molecule has 1 amide bonds. The highest BCUT2D eigenvalue weighted by Gasteiger charge is 2.29. The highest BCUT2D eigenvalue weighted by molar-refractivity contribution is 7.98. The van der Waals surface area contributed by atoms with Crippen molar-refractivity contribution in [1.82, 2.24) is 5.32 Å². The van der Waals surface area contributed by atoms with Gasteiger partial charge in [0.2, 0.25) is 0 Å². The Morgan fingerprint density at radius 3 is 2.24 bits per heavy atom. The van der Waals surface area contributed by atoms with E-state index in [1.54, 1.807) is 36.0 Å². The lowest BCUT2D eigenvalue weighted by atomic mass is 10.0. The van der Waals surface area contributed by atoms with Crippen molar-refractivity contribution in [2.45, 2.75) is 30.9 Å². The zero-order chi connectivity index (χ0) is 21.4. The second kappa shape index (κ2) is 10.5. The average molecular weight is 416 g/mol. The van der Waals surface area contributed by atoms with E-state index in [0.717, 1.165) is 4.90 Å². The van der Waals surface area contributed by atoms with Crippen molar-refractivity contribution in [3.8, 4) is 0 Å². The van der Waals surface area contributed by atoms with E-state index in [0.29, 0.717) is 11.3 Å². The summed E-state index contributed by atoms with van der Waals surface area (Å²) in [6.45, 7) is 2.38. The molecule has 0 spiro atoms. The van der Waals surface area contributed by atoms with Gasteiger partial charge in [0.25, 0.3) is 5.91 Å². The Kier molecular flexibility index (Phi) is 8.09. The summed E-state index contributed by atoms with van der Waals surface area (Å²) in [6.07, 6.45) is 1.10. The Morgan fingerprint density at radius 1 is 1.03 bits per heavy atom. The molecule has 0 saturated heterocycles. The molecule has 7 nitrogen and oxygen atoms in total. The zero-order valence-electron chi connectivity index (χ0n) is 16.5. The van der Waals surface area contributed by atoms with Crippen molar-refractivity contribution in [3.63, 3.8) is 0 Å². The van der Waals surface area contributed by atoms with E-state index in [2.05, 4.69) is 5.32 Å². The molecular formula is C21H24N2O5S. The standard InChI is InChI=1S/C21H24N2O5S/c1-13(24)27-12-19(23-21(26)17-6-4-5-7-18(17)22)20(28-14(2)25)15-8-10-16(29-3)11-9-15/h4-11,19-20H,12,22H2,1-3H3,(H,23,26)/t19-,20-/m0/s1. The highest BCUT2D eigenvalue weighted by Crippen LogP contribution is 2.26. The number of benzene rings is 2. The fourth-order valence-corrected chi connectivity index (χ4v) is 3.12. The molecule has 3 N–H and O–H groups in total. The number of nitrogens with two attached hydrogens (primary N) is 1. The van der Waals surface area contributed by atoms with E-state index in [9.17, 15) is 14.4 Å². The molecule has 0 fully saturated rings. The molecule has 2 rings (SSSR count). The van der Waals surface area contributed by atoms with Crippen LogP contribution in [0.15, 0.2) is 53.4 Å². The quantitative estimate of drug-likeness (QED) is 0.387. The molecule has 0 unspecified atom stereocenters. The lowest BCUT2D eigenvalue weighted by Gasteiger charge is -2.28. The maximum Gasteiger partial charge on any atom is 0.303 e. The van der Waals surface area contributed by atoms with Gasteiger partial charge in [-0.25, -0.2) is 0 Å². The van der Waals surface area contributed by atoms with Gasteiger partial charge in [-0.05, 0) is 36.1 Å². The molecule has 0 saturated carbocycles. The van der Waals surface area contributed by atoms with Gasteiger partial charge in [0.05, 0.1) is 5.56 Å². The number of nitrogens with one attached hydrogen (secondary N) is 1. The van der Waals surface area contributed by atoms with Crippen LogP contribution in [0, 0.1) is 0 Å². The Hall–Kier alpha value is -3.00. The van der Waals surface area contributed by atoms with E-state index in [-0.39, 0.29) is 12.2 Å². The van der Waals surface area contributed by atoms with Crippen LogP contribution < -0.4 is 11.1 Å². The molecule has 2 aromatic carbocycles. The van der Waals surface area contributed by atoms with Crippen LogP contribution >= 0.6 is 11.8 Å². The SMILES string of the molecule is CSc1ccc([C@H](OC(C)=O)[C@H](COC(C)=O)NC(=O)c2ccccc2N)cc1. The third-order valence-electron chi connectivity index (χ3n) is 4.09. The first-order valence-electron chi connectivity index (χ1n) is 8.91. The first-order chi connectivity index (χ1) is 13.8. The molecule has 154 valence electrons. The van der Waals surface area contributed by atoms with Crippen molar-refractivity contribution in [3.05, 3.63) is 59.7 Å². The predicted molar refractivity (Wildman–Crippen MR) is 111 cm³/mol. The molecule has 0 aliphatic heterocycles. The van der Waals surface area contributed by atoms with Crippen LogP contribution in [0.3, 0.4) is 0 Å². The summed E-state index contributed by atoms with van der Waals surface area (Å²) < 4.78 is 10.6. The van der Waals surface area contributed by atoms with Crippen LogP contribution in [-0.2, 0) is 19.1 Å². The van der Waals surface area contributed by atoms with Gasteiger partial charge in [0, 0.05) is 24.4 Å². The molecule has 29 heavy (non-hydrogen) atoms. The van der Waals surface area contributed by atoms with Gasteiger partial charge < -0.3 is 20.5 Å². The molecule has 0 aromatic heterocycles. The molecule has 2 atom stereocenters. The smallest absolute Gasteiger partial charge is 0.303 e. The van der Waals surface area contributed by atoms with Crippen LogP contribution in [-0.4, -0.2) is 36.8 Å².